The summed E-state index contributed by atoms with van der Waals surface area (Å²) in [5, 5.41) is 11.8. The SMILES string of the molecule is N#Cc1cc(F)c(NCc2cccc3c2CCC3)nc1Cl. The van der Waals surface area contributed by atoms with E-state index in [0.717, 1.165) is 24.5 Å². The molecule has 0 saturated heterocycles. The van der Waals surface area contributed by atoms with Gasteiger partial charge in [0.25, 0.3) is 0 Å². The Hall–Kier alpha value is -2.12. The molecule has 5 heteroatoms. The van der Waals surface area contributed by atoms with Crippen LogP contribution in [-0.2, 0) is 19.4 Å². The third kappa shape index (κ3) is 2.70. The van der Waals surface area contributed by atoms with E-state index in [1.165, 1.54) is 17.5 Å². The number of pyridine rings is 1. The molecule has 0 radical (unpaired) electrons. The van der Waals surface area contributed by atoms with Gasteiger partial charge in [-0.1, -0.05) is 29.8 Å². The van der Waals surface area contributed by atoms with Crippen LogP contribution in [0.4, 0.5) is 10.2 Å². The first-order valence-electron chi connectivity index (χ1n) is 6.78. The first kappa shape index (κ1) is 13.8. The Balaban J connectivity index is 1.82. The Labute approximate surface area is 127 Å². The summed E-state index contributed by atoms with van der Waals surface area (Å²) in [5.41, 5.74) is 3.93. The Kier molecular flexibility index (Phi) is 3.76. The average Bonchev–Trinajstić information content (AvgIpc) is 2.96. The monoisotopic (exact) mass is 301 g/mol. The molecule has 0 unspecified atom stereocenters. The van der Waals surface area contributed by atoms with E-state index in [0.29, 0.717) is 6.54 Å². The van der Waals surface area contributed by atoms with Crippen molar-refractivity contribution in [3.05, 3.63) is 57.5 Å². The summed E-state index contributed by atoms with van der Waals surface area (Å²) in [6.45, 7) is 0.495. The van der Waals surface area contributed by atoms with Crippen molar-refractivity contribution >= 4 is 17.4 Å². The molecule has 0 bridgehead atoms. The minimum Gasteiger partial charge on any atom is -0.364 e. The van der Waals surface area contributed by atoms with Crippen LogP contribution in [0.25, 0.3) is 0 Å². The molecule has 1 aliphatic rings. The van der Waals surface area contributed by atoms with E-state index < -0.39 is 5.82 Å². The molecule has 0 fully saturated rings. The van der Waals surface area contributed by atoms with E-state index >= 15 is 0 Å². The molecule has 1 N–H and O–H groups in total. The summed E-state index contributed by atoms with van der Waals surface area (Å²) >= 11 is 5.84. The second-order valence-corrected chi connectivity index (χ2v) is 5.39. The predicted molar refractivity (Wildman–Crippen MR) is 79.7 cm³/mol. The number of fused-ring (bicyclic) bond motifs is 1. The zero-order valence-corrected chi connectivity index (χ0v) is 12.0. The average molecular weight is 302 g/mol. The van der Waals surface area contributed by atoms with Crippen molar-refractivity contribution in [3.8, 4) is 6.07 Å². The summed E-state index contributed by atoms with van der Waals surface area (Å²) in [6, 6.07) is 9.12. The van der Waals surface area contributed by atoms with E-state index in [9.17, 15) is 4.39 Å². The van der Waals surface area contributed by atoms with Crippen molar-refractivity contribution in [2.75, 3.05) is 5.32 Å². The van der Waals surface area contributed by atoms with Crippen molar-refractivity contribution in [3.63, 3.8) is 0 Å². The van der Waals surface area contributed by atoms with Gasteiger partial charge in [-0.05, 0) is 42.0 Å². The molecule has 3 nitrogen and oxygen atoms in total. The highest BCUT2D eigenvalue weighted by molar-refractivity contribution is 6.30. The molecule has 1 aliphatic carbocycles. The van der Waals surface area contributed by atoms with Crippen LogP contribution >= 0.6 is 11.6 Å². The fourth-order valence-corrected chi connectivity index (χ4v) is 2.89. The summed E-state index contributed by atoms with van der Waals surface area (Å²) in [7, 11) is 0. The third-order valence-corrected chi connectivity index (χ3v) is 4.03. The number of nitriles is 1. The zero-order valence-electron chi connectivity index (χ0n) is 11.3. The quantitative estimate of drug-likeness (QED) is 0.876. The lowest BCUT2D eigenvalue weighted by molar-refractivity contribution is 0.623. The number of anilines is 1. The van der Waals surface area contributed by atoms with Gasteiger partial charge in [0.15, 0.2) is 11.6 Å². The Morgan fingerprint density at radius 3 is 3.05 bits per heavy atom. The normalized spacial score (nSPS) is 12.8. The lowest BCUT2D eigenvalue weighted by Gasteiger charge is -2.11. The highest BCUT2D eigenvalue weighted by Gasteiger charge is 2.15. The molecule has 3 rings (SSSR count). The van der Waals surface area contributed by atoms with Crippen molar-refractivity contribution in [1.82, 2.24) is 4.98 Å². The van der Waals surface area contributed by atoms with Crippen molar-refractivity contribution < 1.29 is 4.39 Å². The van der Waals surface area contributed by atoms with Gasteiger partial charge in [0, 0.05) is 6.54 Å². The van der Waals surface area contributed by atoms with Gasteiger partial charge >= 0.3 is 0 Å². The first-order valence-corrected chi connectivity index (χ1v) is 7.16. The zero-order chi connectivity index (χ0) is 14.8. The van der Waals surface area contributed by atoms with E-state index in [1.54, 1.807) is 0 Å². The molecule has 0 atom stereocenters. The lowest BCUT2D eigenvalue weighted by atomic mass is 10.0. The second-order valence-electron chi connectivity index (χ2n) is 5.03. The van der Waals surface area contributed by atoms with Gasteiger partial charge in [0.05, 0.1) is 5.56 Å². The van der Waals surface area contributed by atoms with Crippen LogP contribution in [0.1, 0.15) is 28.7 Å². The molecular weight excluding hydrogens is 289 g/mol. The molecule has 2 aromatic rings. The summed E-state index contributed by atoms with van der Waals surface area (Å²) < 4.78 is 13.9. The minimum absolute atomic E-state index is 0.0136. The molecule has 0 spiro atoms. The summed E-state index contributed by atoms with van der Waals surface area (Å²) in [6.07, 6.45) is 3.34. The van der Waals surface area contributed by atoms with Gasteiger partial charge in [0.1, 0.15) is 11.2 Å². The van der Waals surface area contributed by atoms with E-state index in [-0.39, 0.29) is 16.5 Å². The predicted octanol–water partition coefficient (Wildman–Crippen LogP) is 3.85. The summed E-state index contributed by atoms with van der Waals surface area (Å²) in [5.74, 6) is -0.488. The fraction of sp³-hybridized carbons (Fsp3) is 0.250. The van der Waals surface area contributed by atoms with Crippen LogP contribution in [0, 0.1) is 17.1 Å². The van der Waals surface area contributed by atoms with Gasteiger partial charge in [-0.15, -0.1) is 0 Å². The lowest BCUT2D eigenvalue weighted by Crippen LogP contribution is -2.06. The van der Waals surface area contributed by atoms with Gasteiger partial charge < -0.3 is 5.32 Å². The number of nitrogens with one attached hydrogen (secondary N) is 1. The van der Waals surface area contributed by atoms with Crippen LogP contribution in [0.15, 0.2) is 24.3 Å². The number of rotatable bonds is 3. The molecule has 1 aromatic carbocycles. The van der Waals surface area contributed by atoms with Gasteiger partial charge in [0.2, 0.25) is 0 Å². The molecule has 106 valence electrons. The maximum absolute atomic E-state index is 13.9. The Morgan fingerprint density at radius 1 is 1.38 bits per heavy atom. The van der Waals surface area contributed by atoms with Crippen LogP contribution in [0.5, 0.6) is 0 Å². The number of benzene rings is 1. The maximum atomic E-state index is 13.9. The first-order chi connectivity index (χ1) is 10.2. The molecule has 0 amide bonds. The van der Waals surface area contributed by atoms with E-state index in [1.807, 2.05) is 18.2 Å². The Morgan fingerprint density at radius 2 is 2.24 bits per heavy atom. The molecule has 1 heterocycles. The van der Waals surface area contributed by atoms with Crippen LogP contribution < -0.4 is 5.32 Å². The number of aromatic nitrogens is 1. The van der Waals surface area contributed by atoms with Gasteiger partial charge in [-0.3, -0.25) is 0 Å². The smallest absolute Gasteiger partial charge is 0.166 e. The van der Waals surface area contributed by atoms with Crippen LogP contribution in [0.2, 0.25) is 5.15 Å². The largest absolute Gasteiger partial charge is 0.364 e. The van der Waals surface area contributed by atoms with Crippen molar-refractivity contribution in [2.45, 2.75) is 25.8 Å². The van der Waals surface area contributed by atoms with E-state index in [4.69, 9.17) is 16.9 Å². The standard InChI is InChI=1S/C16H13ClFN3/c17-15-12(8-19)7-14(18)16(21-15)20-9-11-5-1-3-10-4-2-6-13(10)11/h1,3,5,7H,2,4,6,9H2,(H,20,21). The molecular formula is C16H13ClFN3. The molecule has 1 aromatic heterocycles. The van der Waals surface area contributed by atoms with Crippen LogP contribution in [-0.4, -0.2) is 4.98 Å². The van der Waals surface area contributed by atoms with Crippen LogP contribution in [0.3, 0.4) is 0 Å². The third-order valence-electron chi connectivity index (χ3n) is 3.74. The fourth-order valence-electron chi connectivity index (χ4n) is 2.71. The molecule has 21 heavy (non-hydrogen) atoms. The highest BCUT2D eigenvalue weighted by atomic mass is 35.5. The number of nitrogens with zero attached hydrogens (tertiary/aromatic N) is 2. The maximum Gasteiger partial charge on any atom is 0.166 e. The Bertz CT molecular complexity index is 737. The highest BCUT2D eigenvalue weighted by Crippen LogP contribution is 2.26. The van der Waals surface area contributed by atoms with Crippen molar-refractivity contribution in [2.24, 2.45) is 0 Å². The topological polar surface area (TPSA) is 48.7 Å². The molecule has 0 aliphatic heterocycles. The minimum atomic E-state index is -0.566. The van der Waals surface area contributed by atoms with Crippen molar-refractivity contribution in [1.29, 1.82) is 5.26 Å². The molecule has 0 saturated carbocycles. The second kappa shape index (κ2) is 5.71. The number of hydrogen-bond donors (Lipinski definition) is 1. The number of hydrogen-bond acceptors (Lipinski definition) is 3. The number of halogens is 2. The van der Waals surface area contributed by atoms with Gasteiger partial charge in [-0.2, -0.15) is 5.26 Å². The van der Waals surface area contributed by atoms with E-state index in [2.05, 4.69) is 16.4 Å². The summed E-state index contributed by atoms with van der Waals surface area (Å²) in [4.78, 5) is 3.91. The van der Waals surface area contributed by atoms with Gasteiger partial charge in [-0.25, -0.2) is 9.37 Å². The number of aryl methyl sites for hydroxylation is 1.